The van der Waals surface area contributed by atoms with Crippen molar-refractivity contribution in [3.05, 3.63) is 29.6 Å². The number of carbonyl (C=O) groups is 1. The van der Waals surface area contributed by atoms with Gasteiger partial charge >= 0.3 is 0 Å². The highest BCUT2D eigenvalue weighted by atomic mass is 19.3. The second-order valence-electron chi connectivity index (χ2n) is 7.40. The van der Waals surface area contributed by atoms with Crippen LogP contribution in [0.1, 0.15) is 30.4 Å². The molecule has 2 aliphatic heterocycles. The third kappa shape index (κ3) is 3.93. The van der Waals surface area contributed by atoms with Gasteiger partial charge < -0.3 is 15.5 Å². The van der Waals surface area contributed by atoms with Gasteiger partial charge in [0.15, 0.2) is 0 Å². The topological polar surface area (TPSA) is 83.0 Å². The van der Waals surface area contributed by atoms with Gasteiger partial charge in [0, 0.05) is 50.7 Å². The number of nitrogens with one attached hydrogen (secondary N) is 2. The predicted molar refractivity (Wildman–Crippen MR) is 102 cm³/mol. The van der Waals surface area contributed by atoms with Crippen LogP contribution in [0.15, 0.2) is 18.5 Å². The Morgan fingerprint density at radius 1 is 1.20 bits per heavy atom. The van der Waals surface area contributed by atoms with Crippen molar-refractivity contribution in [3.8, 4) is 11.4 Å². The summed E-state index contributed by atoms with van der Waals surface area (Å²) in [6.45, 7) is 3.26. The molecule has 1 fully saturated rings. The number of pyridine rings is 1. The summed E-state index contributed by atoms with van der Waals surface area (Å²) in [4.78, 5) is 26.1. The lowest BCUT2D eigenvalue weighted by Gasteiger charge is -2.30. The highest BCUT2D eigenvalue weighted by molar-refractivity contribution is 5.95. The number of piperazine rings is 1. The van der Waals surface area contributed by atoms with Crippen molar-refractivity contribution in [3.63, 3.8) is 0 Å². The lowest BCUT2D eigenvalue weighted by molar-refractivity contribution is -0.117. The summed E-state index contributed by atoms with van der Waals surface area (Å²) >= 11 is 0. The first-order valence-corrected chi connectivity index (χ1v) is 9.53. The second-order valence-corrected chi connectivity index (χ2v) is 7.40. The Morgan fingerprint density at radius 3 is 2.60 bits per heavy atom. The highest BCUT2D eigenvalue weighted by Crippen LogP contribution is 2.41. The number of carbonyl (C=O) groups excluding carboxylic acids is 1. The SMILES string of the molecule is CC(F)(F)c1cc(-c2ncnc3c2[C@H](C(F)F)CC(=O)N3)nc(N2CCNCC2)c1. The minimum Gasteiger partial charge on any atom is -0.354 e. The van der Waals surface area contributed by atoms with Crippen molar-refractivity contribution < 1.29 is 22.4 Å². The summed E-state index contributed by atoms with van der Waals surface area (Å²) in [5.74, 6) is -4.91. The molecule has 2 aromatic rings. The summed E-state index contributed by atoms with van der Waals surface area (Å²) in [6.07, 6.45) is -2.19. The fraction of sp³-hybridized carbons (Fsp3) is 0.474. The van der Waals surface area contributed by atoms with E-state index >= 15 is 0 Å². The molecule has 0 spiro atoms. The fourth-order valence-electron chi connectivity index (χ4n) is 3.70. The molecule has 0 bridgehead atoms. The first kappa shape index (κ1) is 20.5. The Labute approximate surface area is 169 Å². The molecule has 4 rings (SSSR count). The smallest absolute Gasteiger partial charge is 0.270 e. The third-order valence-electron chi connectivity index (χ3n) is 5.22. The number of halogens is 4. The maximum atomic E-state index is 14.2. The molecule has 0 radical (unpaired) electrons. The molecule has 1 atom stereocenters. The van der Waals surface area contributed by atoms with Crippen molar-refractivity contribution in [2.24, 2.45) is 0 Å². The lowest BCUT2D eigenvalue weighted by atomic mass is 9.90. The van der Waals surface area contributed by atoms with Crippen molar-refractivity contribution in [1.82, 2.24) is 20.3 Å². The molecule has 0 aliphatic carbocycles. The summed E-state index contributed by atoms with van der Waals surface area (Å²) < 4.78 is 55.9. The van der Waals surface area contributed by atoms with Crippen LogP contribution in [-0.2, 0) is 10.7 Å². The van der Waals surface area contributed by atoms with Crippen LogP contribution in [-0.4, -0.2) is 53.5 Å². The van der Waals surface area contributed by atoms with Crippen LogP contribution >= 0.6 is 0 Å². The van der Waals surface area contributed by atoms with E-state index in [-0.39, 0.29) is 28.3 Å². The Kier molecular flexibility index (Phi) is 5.31. The molecule has 2 aliphatic rings. The minimum atomic E-state index is -3.16. The Bertz CT molecular complexity index is 959. The first-order chi connectivity index (χ1) is 14.2. The van der Waals surface area contributed by atoms with Gasteiger partial charge in [0.1, 0.15) is 18.0 Å². The number of amides is 1. The Morgan fingerprint density at radius 2 is 1.93 bits per heavy atom. The van der Waals surface area contributed by atoms with Gasteiger partial charge in [-0.15, -0.1) is 0 Å². The zero-order valence-electron chi connectivity index (χ0n) is 16.1. The molecule has 4 heterocycles. The number of alkyl halides is 4. The average Bonchev–Trinajstić information content (AvgIpc) is 2.72. The molecule has 7 nitrogen and oxygen atoms in total. The van der Waals surface area contributed by atoms with E-state index in [1.165, 1.54) is 6.07 Å². The van der Waals surface area contributed by atoms with E-state index < -0.39 is 30.6 Å². The van der Waals surface area contributed by atoms with E-state index in [4.69, 9.17) is 0 Å². The lowest BCUT2D eigenvalue weighted by Crippen LogP contribution is -2.44. The van der Waals surface area contributed by atoms with Gasteiger partial charge in [-0.2, -0.15) is 0 Å². The Balaban J connectivity index is 1.88. The summed E-state index contributed by atoms with van der Waals surface area (Å²) in [6, 6.07) is 2.47. The van der Waals surface area contributed by atoms with E-state index in [1.54, 1.807) is 0 Å². The van der Waals surface area contributed by atoms with Crippen molar-refractivity contribution >= 4 is 17.5 Å². The number of fused-ring (bicyclic) bond motifs is 1. The fourth-order valence-corrected chi connectivity index (χ4v) is 3.70. The van der Waals surface area contributed by atoms with Crippen LogP contribution in [0.3, 0.4) is 0 Å². The number of nitrogens with zero attached hydrogens (tertiary/aromatic N) is 4. The maximum Gasteiger partial charge on any atom is 0.270 e. The molecule has 2 N–H and O–H groups in total. The molecular weight excluding hydrogens is 404 g/mol. The molecule has 1 amide bonds. The van der Waals surface area contributed by atoms with Crippen molar-refractivity contribution in [2.45, 2.75) is 31.6 Å². The maximum absolute atomic E-state index is 14.2. The summed E-state index contributed by atoms with van der Waals surface area (Å²) in [5, 5.41) is 5.64. The number of hydrogen-bond donors (Lipinski definition) is 2. The van der Waals surface area contributed by atoms with E-state index in [2.05, 4.69) is 25.6 Å². The Hall–Kier alpha value is -2.82. The van der Waals surface area contributed by atoms with Gasteiger partial charge in [0.25, 0.3) is 5.92 Å². The third-order valence-corrected chi connectivity index (χ3v) is 5.22. The molecule has 0 saturated carbocycles. The van der Waals surface area contributed by atoms with Gasteiger partial charge in [-0.1, -0.05) is 0 Å². The standard InChI is InChI=1S/C19H20F4N6O/c1-19(22,23)10-6-12(27-13(7-10)29-4-2-24-3-5-29)16-15-11(17(20)21)8-14(30)28-18(15)26-9-25-16/h6-7,9,11,17,24H,2-5,8H2,1H3,(H,25,26,28,30)/t11-/m1/s1. The molecule has 11 heteroatoms. The average molecular weight is 424 g/mol. The normalized spacial score (nSPS) is 19.6. The quantitative estimate of drug-likeness (QED) is 0.735. The van der Waals surface area contributed by atoms with Crippen LogP contribution in [0.5, 0.6) is 0 Å². The van der Waals surface area contributed by atoms with Crippen LogP contribution in [0.2, 0.25) is 0 Å². The minimum absolute atomic E-state index is 0.0161. The second kappa shape index (κ2) is 7.78. The molecule has 2 aromatic heterocycles. The van der Waals surface area contributed by atoms with Gasteiger partial charge in [-0.25, -0.2) is 32.5 Å². The van der Waals surface area contributed by atoms with E-state index in [1.807, 2.05) is 4.90 Å². The van der Waals surface area contributed by atoms with Gasteiger partial charge in [0.2, 0.25) is 12.3 Å². The molecule has 0 aromatic carbocycles. The van der Waals surface area contributed by atoms with E-state index in [0.29, 0.717) is 32.0 Å². The zero-order chi connectivity index (χ0) is 21.5. The number of aromatic nitrogens is 3. The van der Waals surface area contributed by atoms with E-state index in [0.717, 1.165) is 19.3 Å². The molecule has 160 valence electrons. The zero-order valence-corrected chi connectivity index (χ0v) is 16.1. The van der Waals surface area contributed by atoms with Crippen LogP contribution in [0.25, 0.3) is 11.4 Å². The molecular formula is C19H20F4N6O. The van der Waals surface area contributed by atoms with Crippen LogP contribution < -0.4 is 15.5 Å². The molecule has 1 saturated heterocycles. The van der Waals surface area contributed by atoms with Crippen molar-refractivity contribution in [2.75, 3.05) is 36.4 Å². The number of rotatable bonds is 4. The van der Waals surface area contributed by atoms with Crippen LogP contribution in [0.4, 0.5) is 29.2 Å². The first-order valence-electron chi connectivity index (χ1n) is 9.53. The van der Waals surface area contributed by atoms with Crippen LogP contribution in [0, 0.1) is 0 Å². The largest absolute Gasteiger partial charge is 0.354 e. The summed E-state index contributed by atoms with van der Waals surface area (Å²) in [5.41, 5.74) is -0.208. The summed E-state index contributed by atoms with van der Waals surface area (Å²) in [7, 11) is 0. The highest BCUT2D eigenvalue weighted by Gasteiger charge is 2.37. The molecule has 0 unspecified atom stereocenters. The van der Waals surface area contributed by atoms with Gasteiger partial charge in [-0.3, -0.25) is 4.79 Å². The number of hydrogen-bond acceptors (Lipinski definition) is 6. The molecule has 30 heavy (non-hydrogen) atoms. The van der Waals surface area contributed by atoms with Gasteiger partial charge in [-0.05, 0) is 12.1 Å². The predicted octanol–water partition coefficient (Wildman–Crippen LogP) is 2.75. The van der Waals surface area contributed by atoms with Gasteiger partial charge in [0.05, 0.1) is 17.3 Å². The van der Waals surface area contributed by atoms with E-state index in [9.17, 15) is 22.4 Å². The monoisotopic (exact) mass is 424 g/mol. The number of anilines is 2. The van der Waals surface area contributed by atoms with Crippen molar-refractivity contribution in [1.29, 1.82) is 0 Å².